The van der Waals surface area contributed by atoms with Crippen molar-refractivity contribution in [3.8, 4) is 11.1 Å². The highest BCUT2D eigenvalue weighted by Gasteiger charge is 2.38. The third-order valence-corrected chi connectivity index (χ3v) is 6.43. The third-order valence-electron chi connectivity index (χ3n) is 5.71. The fraction of sp³-hybridized carbons (Fsp3) is 0.167. The van der Waals surface area contributed by atoms with Gasteiger partial charge in [-0.3, -0.25) is 0 Å². The van der Waals surface area contributed by atoms with Crippen molar-refractivity contribution < 1.29 is 0 Å². The van der Waals surface area contributed by atoms with E-state index in [0.717, 1.165) is 6.42 Å². The predicted octanol–water partition coefficient (Wildman–Crippen LogP) is 6.94. The van der Waals surface area contributed by atoms with Gasteiger partial charge in [0.25, 0.3) is 0 Å². The van der Waals surface area contributed by atoms with Crippen molar-refractivity contribution in [1.29, 1.82) is 0 Å². The van der Waals surface area contributed by atoms with Crippen LogP contribution in [0.1, 0.15) is 29.5 Å². The molecule has 1 heterocycles. The number of fused-ring (bicyclic) bond motifs is 3. The molecule has 0 bridgehead atoms. The van der Waals surface area contributed by atoms with Crippen LogP contribution in [0.3, 0.4) is 0 Å². The van der Waals surface area contributed by atoms with Gasteiger partial charge in [0.05, 0.1) is 6.04 Å². The standard InChI is InChI=1S/C24H20BrN/c25-22-12-5-4-9-20(22)24-19-11-6-10-18(19)21-15-17(13-14-23(21)26-24)16-7-2-1-3-8-16/h1-10,12-15,18-19,24,26H,11H2/t18-,19-,24-/m1/s1. The van der Waals surface area contributed by atoms with Gasteiger partial charge in [-0.1, -0.05) is 82.7 Å². The monoisotopic (exact) mass is 401 g/mol. The quantitative estimate of drug-likeness (QED) is 0.458. The minimum atomic E-state index is 0.334. The van der Waals surface area contributed by atoms with Gasteiger partial charge in [-0.05, 0) is 52.8 Å². The van der Waals surface area contributed by atoms with Gasteiger partial charge in [-0.2, -0.15) is 0 Å². The second-order valence-corrected chi connectivity index (χ2v) is 8.02. The maximum absolute atomic E-state index is 3.83. The number of benzene rings is 3. The summed E-state index contributed by atoms with van der Waals surface area (Å²) in [5.74, 6) is 1.04. The second-order valence-electron chi connectivity index (χ2n) is 7.17. The highest BCUT2D eigenvalue weighted by atomic mass is 79.9. The number of hydrogen-bond acceptors (Lipinski definition) is 1. The maximum atomic E-state index is 3.83. The van der Waals surface area contributed by atoms with Crippen LogP contribution in [0.4, 0.5) is 5.69 Å². The minimum Gasteiger partial charge on any atom is -0.378 e. The molecule has 128 valence electrons. The number of rotatable bonds is 2. The van der Waals surface area contributed by atoms with Crippen LogP contribution in [0.15, 0.2) is 89.4 Å². The molecule has 0 spiro atoms. The largest absolute Gasteiger partial charge is 0.378 e. The van der Waals surface area contributed by atoms with Gasteiger partial charge >= 0.3 is 0 Å². The summed E-state index contributed by atoms with van der Waals surface area (Å²) in [5.41, 5.74) is 6.61. The average molecular weight is 402 g/mol. The highest BCUT2D eigenvalue weighted by Crippen LogP contribution is 2.51. The molecule has 0 aromatic heterocycles. The summed E-state index contributed by atoms with van der Waals surface area (Å²) in [4.78, 5) is 0. The van der Waals surface area contributed by atoms with Crippen LogP contribution >= 0.6 is 15.9 Å². The van der Waals surface area contributed by atoms with Gasteiger partial charge in [-0.25, -0.2) is 0 Å². The van der Waals surface area contributed by atoms with E-state index in [-0.39, 0.29) is 0 Å². The fourth-order valence-corrected chi connectivity index (χ4v) is 4.97. The lowest BCUT2D eigenvalue weighted by molar-refractivity contribution is 0.424. The Morgan fingerprint density at radius 3 is 2.46 bits per heavy atom. The van der Waals surface area contributed by atoms with Crippen molar-refractivity contribution in [3.05, 3.63) is 101 Å². The van der Waals surface area contributed by atoms with Gasteiger partial charge in [-0.15, -0.1) is 0 Å². The zero-order chi connectivity index (χ0) is 17.5. The van der Waals surface area contributed by atoms with Gasteiger partial charge in [0.1, 0.15) is 0 Å². The molecule has 5 rings (SSSR count). The van der Waals surface area contributed by atoms with Gasteiger partial charge in [0, 0.05) is 16.1 Å². The summed E-state index contributed by atoms with van der Waals surface area (Å²) in [6, 6.07) is 26.4. The molecule has 3 aromatic carbocycles. The Morgan fingerprint density at radius 2 is 1.62 bits per heavy atom. The first-order valence-electron chi connectivity index (χ1n) is 9.18. The third kappa shape index (κ3) is 2.60. The molecule has 3 aromatic rings. The Balaban J connectivity index is 1.59. The first-order valence-corrected chi connectivity index (χ1v) is 9.97. The minimum absolute atomic E-state index is 0.334. The number of hydrogen-bond donors (Lipinski definition) is 1. The summed E-state index contributed by atoms with van der Waals surface area (Å²) < 4.78 is 1.19. The lowest BCUT2D eigenvalue weighted by Gasteiger charge is -2.38. The molecule has 1 N–H and O–H groups in total. The molecule has 0 saturated heterocycles. The molecular formula is C24H20BrN. The van der Waals surface area contributed by atoms with Gasteiger partial charge in [0.15, 0.2) is 0 Å². The molecule has 1 aliphatic heterocycles. The Morgan fingerprint density at radius 1 is 0.808 bits per heavy atom. The van der Waals surface area contributed by atoms with E-state index in [4.69, 9.17) is 0 Å². The van der Waals surface area contributed by atoms with Crippen molar-refractivity contribution in [2.75, 3.05) is 5.32 Å². The molecule has 2 aliphatic rings. The van der Waals surface area contributed by atoms with Crippen molar-refractivity contribution >= 4 is 21.6 Å². The zero-order valence-corrected chi connectivity index (χ0v) is 16.0. The first kappa shape index (κ1) is 15.9. The normalized spacial score (nSPS) is 23.2. The average Bonchev–Trinajstić information content (AvgIpc) is 3.18. The van der Waals surface area contributed by atoms with E-state index >= 15 is 0 Å². The molecule has 0 saturated carbocycles. The molecule has 0 amide bonds. The Hall–Kier alpha value is -2.32. The summed E-state index contributed by atoms with van der Waals surface area (Å²) in [6.07, 6.45) is 5.88. The number of nitrogens with one attached hydrogen (secondary N) is 1. The van der Waals surface area contributed by atoms with E-state index in [1.807, 2.05) is 0 Å². The Labute approximate surface area is 162 Å². The van der Waals surface area contributed by atoms with Crippen molar-refractivity contribution in [3.63, 3.8) is 0 Å². The molecule has 26 heavy (non-hydrogen) atoms. The summed E-state index contributed by atoms with van der Waals surface area (Å²) in [5, 5.41) is 3.83. The maximum Gasteiger partial charge on any atom is 0.0565 e. The molecule has 3 atom stereocenters. The van der Waals surface area contributed by atoms with E-state index in [1.165, 1.54) is 32.4 Å². The highest BCUT2D eigenvalue weighted by molar-refractivity contribution is 9.10. The summed E-state index contributed by atoms with van der Waals surface area (Å²) >= 11 is 3.75. The van der Waals surface area contributed by atoms with Crippen LogP contribution in [0.2, 0.25) is 0 Å². The van der Waals surface area contributed by atoms with Crippen molar-refractivity contribution in [2.24, 2.45) is 5.92 Å². The summed E-state index contributed by atoms with van der Waals surface area (Å²) in [6.45, 7) is 0. The number of anilines is 1. The lowest BCUT2D eigenvalue weighted by atomic mass is 9.76. The van der Waals surface area contributed by atoms with Gasteiger partial charge in [0.2, 0.25) is 0 Å². The molecule has 0 radical (unpaired) electrons. The molecule has 2 heteroatoms. The topological polar surface area (TPSA) is 12.0 Å². The summed E-state index contributed by atoms with van der Waals surface area (Å²) in [7, 11) is 0. The van der Waals surface area contributed by atoms with Crippen LogP contribution in [0, 0.1) is 5.92 Å². The first-order chi connectivity index (χ1) is 12.8. The molecule has 0 unspecified atom stereocenters. The molecular weight excluding hydrogens is 382 g/mol. The number of allylic oxidation sites excluding steroid dienone is 2. The van der Waals surface area contributed by atoms with Crippen LogP contribution < -0.4 is 5.32 Å². The van der Waals surface area contributed by atoms with Crippen LogP contribution in [-0.2, 0) is 0 Å². The van der Waals surface area contributed by atoms with E-state index in [0.29, 0.717) is 17.9 Å². The van der Waals surface area contributed by atoms with E-state index in [1.54, 1.807) is 0 Å². The van der Waals surface area contributed by atoms with E-state index < -0.39 is 0 Å². The second kappa shape index (κ2) is 6.44. The van der Waals surface area contributed by atoms with Crippen LogP contribution in [0.25, 0.3) is 11.1 Å². The van der Waals surface area contributed by atoms with Gasteiger partial charge < -0.3 is 5.32 Å². The fourth-order valence-electron chi connectivity index (χ4n) is 4.44. The van der Waals surface area contributed by atoms with Crippen LogP contribution in [0.5, 0.6) is 0 Å². The lowest BCUT2D eigenvalue weighted by Crippen LogP contribution is -2.29. The molecule has 1 aliphatic carbocycles. The van der Waals surface area contributed by atoms with E-state index in [9.17, 15) is 0 Å². The van der Waals surface area contributed by atoms with Crippen molar-refractivity contribution in [2.45, 2.75) is 18.4 Å². The SMILES string of the molecule is Brc1ccccc1[C@@H]1Nc2ccc(-c3ccccc3)cc2[C@@H]2C=CC[C@H]21. The Kier molecular flexibility index (Phi) is 3.94. The van der Waals surface area contributed by atoms with E-state index in [2.05, 4.69) is 106 Å². The molecule has 1 nitrogen and oxygen atoms in total. The molecule has 0 fully saturated rings. The number of halogens is 1. The smallest absolute Gasteiger partial charge is 0.0565 e. The Bertz CT molecular complexity index is 977. The zero-order valence-electron chi connectivity index (χ0n) is 14.4. The van der Waals surface area contributed by atoms with Crippen LogP contribution in [-0.4, -0.2) is 0 Å². The predicted molar refractivity (Wildman–Crippen MR) is 112 cm³/mol. The van der Waals surface area contributed by atoms with Crippen molar-refractivity contribution in [1.82, 2.24) is 0 Å².